The van der Waals surface area contributed by atoms with E-state index in [1.54, 1.807) is 62.6 Å². The number of amides is 2. The third-order valence-electron chi connectivity index (χ3n) is 5.44. The summed E-state index contributed by atoms with van der Waals surface area (Å²) in [5.41, 5.74) is 1.71. The normalized spacial score (nSPS) is 12.5. The van der Waals surface area contributed by atoms with Gasteiger partial charge in [0.05, 0.1) is 16.1 Å². The van der Waals surface area contributed by atoms with Crippen LogP contribution in [0.2, 0.25) is 0 Å². The minimum Gasteiger partial charge on any atom is -0.486 e. The van der Waals surface area contributed by atoms with Crippen LogP contribution in [0.5, 0.6) is 11.5 Å². The predicted octanol–water partition coefficient (Wildman–Crippen LogP) is 2.89. The Morgan fingerprint density at radius 2 is 1.63 bits per heavy atom. The molecule has 2 N–H and O–H groups in total. The van der Waals surface area contributed by atoms with Gasteiger partial charge in [0.15, 0.2) is 11.5 Å². The summed E-state index contributed by atoms with van der Waals surface area (Å²) < 4.78 is 39.6. The second kappa shape index (κ2) is 10.1. The lowest BCUT2D eigenvalue weighted by atomic mass is 10.1. The first-order chi connectivity index (χ1) is 16.8. The van der Waals surface area contributed by atoms with E-state index in [0.717, 1.165) is 5.56 Å². The molecule has 0 saturated heterocycles. The zero-order chi connectivity index (χ0) is 25.0. The fourth-order valence-corrected chi connectivity index (χ4v) is 4.71. The Balaban J connectivity index is 1.52. The number of anilines is 1. The number of hydrogen-bond donors (Lipinski definition) is 2. The number of nitrogens with zero attached hydrogens (tertiary/aromatic N) is 1. The van der Waals surface area contributed by atoms with E-state index in [4.69, 9.17) is 9.47 Å². The van der Waals surface area contributed by atoms with Crippen LogP contribution >= 0.6 is 0 Å². The van der Waals surface area contributed by atoms with Crippen LogP contribution in [0, 0.1) is 0 Å². The van der Waals surface area contributed by atoms with Gasteiger partial charge in [0.1, 0.15) is 13.2 Å². The molecule has 1 aliphatic heterocycles. The van der Waals surface area contributed by atoms with E-state index < -0.39 is 10.0 Å². The molecule has 0 radical (unpaired) electrons. The molecule has 1 aliphatic rings. The molecule has 35 heavy (non-hydrogen) atoms. The summed E-state index contributed by atoms with van der Waals surface area (Å²) >= 11 is 0. The number of sulfonamides is 1. The van der Waals surface area contributed by atoms with Crippen molar-refractivity contribution in [1.29, 1.82) is 0 Å². The maximum Gasteiger partial charge on any atom is 0.262 e. The van der Waals surface area contributed by atoms with Gasteiger partial charge in [-0.05, 0) is 42.0 Å². The Bertz CT molecular complexity index is 1360. The topological polar surface area (TPSA) is 114 Å². The fraction of sp³-hybridized carbons (Fsp3) is 0.200. The fourth-order valence-electron chi connectivity index (χ4n) is 3.61. The van der Waals surface area contributed by atoms with Crippen molar-refractivity contribution in [3.05, 3.63) is 83.4 Å². The first-order valence-electron chi connectivity index (χ1n) is 10.9. The Morgan fingerprint density at radius 3 is 2.34 bits per heavy atom. The predicted molar refractivity (Wildman–Crippen MR) is 130 cm³/mol. The summed E-state index contributed by atoms with van der Waals surface area (Å²) in [7, 11) is -0.813. The van der Waals surface area contributed by atoms with E-state index in [1.165, 1.54) is 23.1 Å². The average molecular weight is 496 g/mol. The molecule has 0 aliphatic carbocycles. The molecule has 0 unspecified atom stereocenters. The minimum absolute atomic E-state index is 0.00596. The van der Waals surface area contributed by atoms with Crippen molar-refractivity contribution in [2.75, 3.05) is 32.0 Å². The van der Waals surface area contributed by atoms with Crippen molar-refractivity contribution in [1.82, 2.24) is 10.2 Å². The van der Waals surface area contributed by atoms with Gasteiger partial charge in [-0.25, -0.2) is 8.42 Å². The smallest absolute Gasteiger partial charge is 0.262 e. The molecule has 9 nitrogen and oxygen atoms in total. The van der Waals surface area contributed by atoms with Gasteiger partial charge in [0.2, 0.25) is 0 Å². The van der Waals surface area contributed by atoms with Gasteiger partial charge in [-0.3, -0.25) is 14.3 Å². The SMILES string of the molecule is CNC(=O)c1ccc(CN(C)C(=O)c2ccccc2NS(=O)(=O)c2ccc3c(c2)OCCO3)cc1. The number of carbonyl (C=O) groups excluding carboxylic acids is 2. The van der Waals surface area contributed by atoms with Crippen molar-refractivity contribution in [2.24, 2.45) is 0 Å². The lowest BCUT2D eigenvalue weighted by Gasteiger charge is -2.21. The van der Waals surface area contributed by atoms with Gasteiger partial charge in [0.25, 0.3) is 21.8 Å². The van der Waals surface area contributed by atoms with Crippen LogP contribution in [0.15, 0.2) is 71.6 Å². The molecule has 0 aromatic heterocycles. The summed E-state index contributed by atoms with van der Waals surface area (Å²) in [6.45, 7) is 1.01. The molecule has 0 saturated carbocycles. The van der Waals surface area contributed by atoms with Crippen LogP contribution in [0.3, 0.4) is 0 Å². The van der Waals surface area contributed by atoms with E-state index >= 15 is 0 Å². The highest BCUT2D eigenvalue weighted by atomic mass is 32.2. The Morgan fingerprint density at radius 1 is 0.943 bits per heavy atom. The van der Waals surface area contributed by atoms with E-state index in [-0.39, 0.29) is 34.5 Å². The second-order valence-corrected chi connectivity index (χ2v) is 9.58. The third-order valence-corrected chi connectivity index (χ3v) is 6.80. The molecule has 1 heterocycles. The van der Waals surface area contributed by atoms with Gasteiger partial charge >= 0.3 is 0 Å². The number of nitrogens with one attached hydrogen (secondary N) is 2. The molecular formula is C25H25N3O6S. The van der Waals surface area contributed by atoms with Gasteiger partial charge in [-0.15, -0.1) is 0 Å². The molecule has 2 amide bonds. The second-order valence-electron chi connectivity index (χ2n) is 7.89. The van der Waals surface area contributed by atoms with Crippen LogP contribution in [0.25, 0.3) is 0 Å². The molecule has 0 spiro atoms. The van der Waals surface area contributed by atoms with Crippen LogP contribution in [0.1, 0.15) is 26.3 Å². The maximum atomic E-state index is 13.2. The zero-order valence-corrected chi connectivity index (χ0v) is 20.1. The number of benzene rings is 3. The standard InChI is InChI=1S/C25H25N3O6S/c1-26-24(29)18-9-7-17(8-10-18)16-28(2)25(30)20-5-3-4-6-21(20)27-35(31,32)19-11-12-22-23(15-19)34-14-13-33-22/h3-12,15,27H,13-14,16H2,1-2H3,(H,26,29). The van der Waals surface area contributed by atoms with Crippen LogP contribution in [-0.4, -0.2) is 52.4 Å². The highest BCUT2D eigenvalue weighted by Crippen LogP contribution is 2.33. The van der Waals surface area contributed by atoms with Gasteiger partial charge in [-0.1, -0.05) is 24.3 Å². The highest BCUT2D eigenvalue weighted by Gasteiger charge is 2.23. The van der Waals surface area contributed by atoms with E-state index in [9.17, 15) is 18.0 Å². The van der Waals surface area contributed by atoms with Crippen molar-refractivity contribution in [3.63, 3.8) is 0 Å². The third kappa shape index (κ3) is 5.38. The molecule has 0 fully saturated rings. The van der Waals surface area contributed by atoms with Gasteiger partial charge in [-0.2, -0.15) is 0 Å². The molecule has 182 valence electrons. The lowest BCUT2D eigenvalue weighted by Crippen LogP contribution is -2.27. The Hall–Kier alpha value is -4.05. The monoisotopic (exact) mass is 495 g/mol. The molecular weight excluding hydrogens is 470 g/mol. The number of para-hydroxylation sites is 1. The highest BCUT2D eigenvalue weighted by molar-refractivity contribution is 7.92. The van der Waals surface area contributed by atoms with Crippen molar-refractivity contribution >= 4 is 27.5 Å². The quantitative estimate of drug-likeness (QED) is 0.521. The van der Waals surface area contributed by atoms with Crippen LogP contribution in [-0.2, 0) is 16.6 Å². The number of ether oxygens (including phenoxy) is 2. The van der Waals surface area contributed by atoms with E-state index in [2.05, 4.69) is 10.0 Å². The summed E-state index contributed by atoms with van der Waals surface area (Å²) in [4.78, 5) is 26.4. The van der Waals surface area contributed by atoms with Gasteiger partial charge < -0.3 is 19.7 Å². The van der Waals surface area contributed by atoms with E-state index in [0.29, 0.717) is 30.3 Å². The molecule has 4 rings (SSSR count). The van der Waals surface area contributed by atoms with Crippen LogP contribution in [0.4, 0.5) is 5.69 Å². The molecule has 3 aromatic carbocycles. The van der Waals surface area contributed by atoms with Gasteiger partial charge in [0, 0.05) is 32.3 Å². The Kier molecular flexibility index (Phi) is 6.92. The summed E-state index contributed by atoms with van der Waals surface area (Å²) in [5, 5.41) is 2.56. The van der Waals surface area contributed by atoms with Crippen LogP contribution < -0.4 is 19.5 Å². The number of hydrogen-bond acceptors (Lipinski definition) is 6. The maximum absolute atomic E-state index is 13.2. The van der Waals surface area contributed by atoms with Crippen molar-refractivity contribution in [3.8, 4) is 11.5 Å². The summed E-state index contributed by atoms with van der Waals surface area (Å²) in [6.07, 6.45) is 0. The van der Waals surface area contributed by atoms with Crippen molar-refractivity contribution in [2.45, 2.75) is 11.4 Å². The van der Waals surface area contributed by atoms with Crippen molar-refractivity contribution < 1.29 is 27.5 Å². The number of rotatable bonds is 7. The summed E-state index contributed by atoms with van der Waals surface area (Å²) in [5.74, 6) is 0.280. The number of carbonyl (C=O) groups is 2. The number of fused-ring (bicyclic) bond motifs is 1. The Labute approximate surface area is 203 Å². The minimum atomic E-state index is -4.00. The summed E-state index contributed by atoms with van der Waals surface area (Å²) in [6, 6.07) is 17.7. The average Bonchev–Trinajstić information content (AvgIpc) is 2.88. The largest absolute Gasteiger partial charge is 0.486 e. The first kappa shape index (κ1) is 24.1. The molecule has 10 heteroatoms. The molecule has 0 atom stereocenters. The zero-order valence-electron chi connectivity index (χ0n) is 19.3. The molecule has 3 aromatic rings. The van der Waals surface area contributed by atoms with E-state index in [1.807, 2.05) is 0 Å². The first-order valence-corrected chi connectivity index (χ1v) is 12.3. The lowest BCUT2D eigenvalue weighted by molar-refractivity contribution is 0.0785. The molecule has 0 bridgehead atoms.